The second-order valence-corrected chi connectivity index (χ2v) is 3.83. The zero-order valence-corrected chi connectivity index (χ0v) is 11.8. The summed E-state index contributed by atoms with van der Waals surface area (Å²) in [6, 6.07) is -0.954. The van der Waals surface area contributed by atoms with E-state index in [1.165, 1.54) is 21.3 Å². The van der Waals surface area contributed by atoms with Crippen LogP contribution in [0.3, 0.4) is 0 Å². The first-order valence-electron chi connectivity index (χ1n) is 5.95. The van der Waals surface area contributed by atoms with E-state index in [1.54, 1.807) is 0 Å². The molecule has 0 aliphatic carbocycles. The summed E-state index contributed by atoms with van der Waals surface area (Å²) in [6.07, 6.45) is -0.178. The summed E-state index contributed by atoms with van der Waals surface area (Å²) >= 11 is 0. The van der Waals surface area contributed by atoms with Gasteiger partial charge in [0.15, 0.2) is 0 Å². The Bertz CT molecular complexity index is 367. The number of amides is 1. The summed E-state index contributed by atoms with van der Waals surface area (Å²) in [6.45, 7) is 0. The monoisotopic (exact) mass is 289 g/mol. The number of nitrogens with one attached hydrogen (secondary N) is 1. The highest BCUT2D eigenvalue weighted by Crippen LogP contribution is 2.03. The van der Waals surface area contributed by atoms with Crippen LogP contribution >= 0.6 is 0 Å². The van der Waals surface area contributed by atoms with Gasteiger partial charge in [0.1, 0.15) is 6.04 Å². The summed E-state index contributed by atoms with van der Waals surface area (Å²) in [4.78, 5) is 44.9. The Morgan fingerprint density at radius 1 is 0.850 bits per heavy atom. The molecule has 0 aliphatic rings. The summed E-state index contributed by atoms with van der Waals surface area (Å²) in [7, 11) is 3.62. The van der Waals surface area contributed by atoms with Gasteiger partial charge in [-0.05, 0) is 6.42 Å². The van der Waals surface area contributed by atoms with Gasteiger partial charge in [-0.25, -0.2) is 4.79 Å². The van der Waals surface area contributed by atoms with Crippen LogP contribution in [0.4, 0.5) is 0 Å². The Morgan fingerprint density at radius 2 is 1.40 bits per heavy atom. The van der Waals surface area contributed by atoms with Crippen LogP contribution in [0, 0.1) is 0 Å². The molecular weight excluding hydrogens is 270 g/mol. The summed E-state index contributed by atoms with van der Waals surface area (Å²) < 4.78 is 13.4. The molecule has 0 heterocycles. The second-order valence-electron chi connectivity index (χ2n) is 3.83. The fourth-order valence-electron chi connectivity index (χ4n) is 1.34. The van der Waals surface area contributed by atoms with Crippen LogP contribution in [-0.4, -0.2) is 51.2 Å². The van der Waals surface area contributed by atoms with E-state index in [4.69, 9.17) is 0 Å². The van der Waals surface area contributed by atoms with Crippen molar-refractivity contribution in [1.82, 2.24) is 5.32 Å². The van der Waals surface area contributed by atoms with Crippen molar-refractivity contribution in [1.29, 1.82) is 0 Å². The maximum Gasteiger partial charge on any atom is 0.328 e. The molecule has 0 aromatic carbocycles. The van der Waals surface area contributed by atoms with E-state index in [-0.39, 0.29) is 25.7 Å². The number of esters is 3. The van der Waals surface area contributed by atoms with Gasteiger partial charge in [-0.2, -0.15) is 0 Å². The highest BCUT2D eigenvalue weighted by molar-refractivity contribution is 5.86. The lowest BCUT2D eigenvalue weighted by Crippen LogP contribution is -2.42. The van der Waals surface area contributed by atoms with Crippen LogP contribution in [-0.2, 0) is 33.4 Å². The highest BCUT2D eigenvalue weighted by Gasteiger charge is 2.22. The van der Waals surface area contributed by atoms with Crippen LogP contribution in [0.15, 0.2) is 0 Å². The molecule has 20 heavy (non-hydrogen) atoms. The van der Waals surface area contributed by atoms with Gasteiger partial charge in [0.05, 0.1) is 27.8 Å². The first kappa shape index (κ1) is 17.9. The average molecular weight is 289 g/mol. The molecule has 0 unspecified atom stereocenters. The number of hydrogen-bond donors (Lipinski definition) is 1. The summed E-state index contributed by atoms with van der Waals surface area (Å²) in [5.41, 5.74) is 0. The highest BCUT2D eigenvalue weighted by atomic mass is 16.5. The fraction of sp³-hybridized carbons (Fsp3) is 0.667. The predicted octanol–water partition coefficient (Wildman–Crippen LogP) is -0.449. The number of hydrogen-bond acceptors (Lipinski definition) is 7. The minimum atomic E-state index is -0.954. The molecule has 0 aromatic rings. The van der Waals surface area contributed by atoms with Crippen molar-refractivity contribution in [3.63, 3.8) is 0 Å². The van der Waals surface area contributed by atoms with E-state index >= 15 is 0 Å². The molecule has 0 aromatic heterocycles. The van der Waals surface area contributed by atoms with E-state index in [0.29, 0.717) is 0 Å². The predicted molar refractivity (Wildman–Crippen MR) is 66.4 cm³/mol. The van der Waals surface area contributed by atoms with Crippen molar-refractivity contribution < 1.29 is 33.4 Å². The van der Waals surface area contributed by atoms with Crippen molar-refractivity contribution in [3.05, 3.63) is 0 Å². The quantitative estimate of drug-likeness (QED) is 0.476. The molecule has 0 fully saturated rings. The van der Waals surface area contributed by atoms with Crippen LogP contribution in [0.25, 0.3) is 0 Å². The molecule has 8 nitrogen and oxygen atoms in total. The lowest BCUT2D eigenvalue weighted by Gasteiger charge is -2.15. The van der Waals surface area contributed by atoms with Crippen molar-refractivity contribution in [2.45, 2.75) is 31.7 Å². The smallest absolute Gasteiger partial charge is 0.328 e. The van der Waals surface area contributed by atoms with Crippen molar-refractivity contribution in [3.8, 4) is 0 Å². The molecule has 0 saturated carbocycles. The SMILES string of the molecule is COC(=O)CCC(=O)N[C@H](CCC(=O)OC)C(=O)OC. The third kappa shape index (κ3) is 7.34. The molecule has 114 valence electrons. The molecule has 1 amide bonds. The van der Waals surface area contributed by atoms with Crippen molar-refractivity contribution >= 4 is 23.8 Å². The molecule has 1 atom stereocenters. The molecule has 0 rings (SSSR count). The van der Waals surface area contributed by atoms with Gasteiger partial charge >= 0.3 is 17.9 Å². The Morgan fingerprint density at radius 3 is 1.90 bits per heavy atom. The third-order valence-electron chi connectivity index (χ3n) is 2.47. The Hall–Kier alpha value is -2.12. The normalized spacial score (nSPS) is 11.2. The number of rotatable bonds is 8. The first-order chi connectivity index (χ1) is 9.44. The summed E-state index contributed by atoms with van der Waals surface area (Å²) in [5, 5.41) is 2.40. The standard InChI is InChI=1S/C12H19NO7/c1-18-10(15)6-4-8(12(17)20-3)13-9(14)5-7-11(16)19-2/h8H,4-7H2,1-3H3,(H,13,14)/t8-/m1/s1. The number of methoxy groups -OCH3 is 3. The van der Waals surface area contributed by atoms with Gasteiger partial charge < -0.3 is 19.5 Å². The van der Waals surface area contributed by atoms with Crippen molar-refractivity contribution in [2.75, 3.05) is 21.3 Å². The number of carbonyl (C=O) groups is 4. The van der Waals surface area contributed by atoms with Crippen molar-refractivity contribution in [2.24, 2.45) is 0 Å². The minimum absolute atomic E-state index is 0.0342. The molecule has 0 spiro atoms. The van der Waals surface area contributed by atoms with Crippen LogP contribution in [0.5, 0.6) is 0 Å². The van der Waals surface area contributed by atoms with Crippen LogP contribution in [0.1, 0.15) is 25.7 Å². The van der Waals surface area contributed by atoms with E-state index in [9.17, 15) is 19.2 Å². The molecule has 0 bridgehead atoms. The third-order valence-corrected chi connectivity index (χ3v) is 2.47. The van der Waals surface area contributed by atoms with Gasteiger partial charge in [0.25, 0.3) is 0 Å². The Labute approximate surface area is 116 Å². The maximum absolute atomic E-state index is 11.6. The Kier molecular flexibility index (Phi) is 8.73. The van der Waals surface area contributed by atoms with Crippen LogP contribution in [0.2, 0.25) is 0 Å². The number of carbonyl (C=O) groups excluding carboxylic acids is 4. The lowest BCUT2D eigenvalue weighted by molar-refractivity contribution is -0.146. The fourth-order valence-corrected chi connectivity index (χ4v) is 1.34. The van der Waals surface area contributed by atoms with E-state index in [2.05, 4.69) is 19.5 Å². The molecule has 1 N–H and O–H groups in total. The number of ether oxygens (including phenoxy) is 3. The lowest BCUT2D eigenvalue weighted by atomic mass is 10.1. The van der Waals surface area contributed by atoms with Gasteiger partial charge in [0, 0.05) is 12.8 Å². The first-order valence-corrected chi connectivity index (χ1v) is 5.95. The minimum Gasteiger partial charge on any atom is -0.469 e. The average Bonchev–Trinajstić information content (AvgIpc) is 2.47. The second kappa shape index (κ2) is 9.76. The topological polar surface area (TPSA) is 108 Å². The molecule has 0 aliphatic heterocycles. The van der Waals surface area contributed by atoms with E-state index in [0.717, 1.165) is 0 Å². The van der Waals surface area contributed by atoms with E-state index in [1.807, 2.05) is 0 Å². The van der Waals surface area contributed by atoms with Gasteiger partial charge in [-0.3, -0.25) is 14.4 Å². The molecule has 0 saturated heterocycles. The van der Waals surface area contributed by atoms with Crippen LogP contribution < -0.4 is 5.32 Å². The molecule has 0 radical (unpaired) electrons. The summed E-state index contributed by atoms with van der Waals surface area (Å²) in [5.74, 6) is -2.19. The van der Waals surface area contributed by atoms with Gasteiger partial charge in [0.2, 0.25) is 5.91 Å². The van der Waals surface area contributed by atoms with Gasteiger partial charge in [-0.1, -0.05) is 0 Å². The Balaban J connectivity index is 4.34. The zero-order valence-electron chi connectivity index (χ0n) is 11.8. The van der Waals surface area contributed by atoms with E-state index < -0.39 is 29.9 Å². The zero-order chi connectivity index (χ0) is 15.5. The maximum atomic E-state index is 11.6. The molecular formula is C12H19NO7. The van der Waals surface area contributed by atoms with Gasteiger partial charge in [-0.15, -0.1) is 0 Å². The molecule has 8 heteroatoms. The largest absolute Gasteiger partial charge is 0.469 e.